The molecule has 7 nitrogen and oxygen atoms in total. The Labute approximate surface area is 145 Å². The summed E-state index contributed by atoms with van der Waals surface area (Å²) in [6.45, 7) is 7.08. The number of fused-ring (bicyclic) bond motifs is 2. The smallest absolute Gasteiger partial charge is 0.178 e. The van der Waals surface area contributed by atoms with Gasteiger partial charge in [-0.15, -0.1) is 15.3 Å². The predicted molar refractivity (Wildman–Crippen MR) is 96.9 cm³/mol. The van der Waals surface area contributed by atoms with E-state index < -0.39 is 0 Å². The minimum absolute atomic E-state index is 0.110. The average Bonchev–Trinajstić information content (AvgIpc) is 3.17. The third kappa shape index (κ3) is 3.05. The quantitative estimate of drug-likeness (QED) is 0.621. The summed E-state index contributed by atoms with van der Waals surface area (Å²) >= 11 is 0. The molecular formula is C18H21N7. The predicted octanol–water partition coefficient (Wildman–Crippen LogP) is 2.72. The van der Waals surface area contributed by atoms with Gasteiger partial charge in [0.2, 0.25) is 0 Å². The van der Waals surface area contributed by atoms with Crippen molar-refractivity contribution in [2.24, 2.45) is 0 Å². The van der Waals surface area contributed by atoms with Gasteiger partial charge in [-0.25, -0.2) is 4.98 Å². The first-order valence-corrected chi connectivity index (χ1v) is 8.40. The van der Waals surface area contributed by atoms with E-state index in [2.05, 4.69) is 52.6 Å². The fourth-order valence-corrected chi connectivity index (χ4v) is 2.78. The highest BCUT2D eigenvalue weighted by molar-refractivity contribution is 5.45. The Hall–Kier alpha value is -2.96. The third-order valence-corrected chi connectivity index (χ3v) is 4.03. The van der Waals surface area contributed by atoms with E-state index in [1.807, 2.05) is 45.4 Å². The Kier molecular flexibility index (Phi) is 3.63. The van der Waals surface area contributed by atoms with Crippen LogP contribution < -0.4 is 5.32 Å². The second-order valence-corrected chi connectivity index (χ2v) is 7.14. The Morgan fingerprint density at radius 3 is 2.72 bits per heavy atom. The first-order chi connectivity index (χ1) is 12.0. The van der Waals surface area contributed by atoms with Gasteiger partial charge in [-0.1, -0.05) is 26.8 Å². The molecule has 0 aliphatic carbocycles. The fraction of sp³-hybridized carbons (Fsp3) is 0.333. The molecule has 0 atom stereocenters. The second kappa shape index (κ2) is 5.84. The van der Waals surface area contributed by atoms with Crippen LogP contribution in [0, 0.1) is 0 Å². The van der Waals surface area contributed by atoms with Crippen molar-refractivity contribution in [2.45, 2.75) is 32.6 Å². The Morgan fingerprint density at radius 2 is 1.92 bits per heavy atom. The lowest BCUT2D eigenvalue weighted by molar-refractivity contribution is 0.527. The monoisotopic (exact) mass is 335 g/mol. The summed E-state index contributed by atoms with van der Waals surface area (Å²) < 4.78 is 3.85. The molecule has 4 aromatic rings. The maximum atomic E-state index is 4.63. The molecule has 0 unspecified atom stereocenters. The number of imidazole rings is 1. The number of rotatable bonds is 4. The van der Waals surface area contributed by atoms with E-state index in [1.165, 1.54) is 0 Å². The van der Waals surface area contributed by atoms with Crippen molar-refractivity contribution in [3.63, 3.8) is 0 Å². The van der Waals surface area contributed by atoms with Gasteiger partial charge < -0.3 is 9.72 Å². The van der Waals surface area contributed by atoms with E-state index in [9.17, 15) is 0 Å². The van der Waals surface area contributed by atoms with Crippen LogP contribution in [0.2, 0.25) is 0 Å². The summed E-state index contributed by atoms with van der Waals surface area (Å²) in [5, 5.41) is 16.4. The molecule has 7 heteroatoms. The SMILES string of the molecule is CC(C)(C)c1nnc2ccc(NCCc3cn4ccccc4n3)nn12. The molecule has 0 amide bonds. The van der Waals surface area contributed by atoms with Crippen LogP contribution in [0.15, 0.2) is 42.7 Å². The zero-order valence-electron chi connectivity index (χ0n) is 14.6. The number of nitrogens with one attached hydrogen (secondary N) is 1. The van der Waals surface area contributed by atoms with Crippen molar-refractivity contribution in [1.29, 1.82) is 0 Å². The number of hydrogen-bond donors (Lipinski definition) is 1. The van der Waals surface area contributed by atoms with E-state index in [0.717, 1.165) is 41.6 Å². The molecular weight excluding hydrogens is 314 g/mol. The average molecular weight is 335 g/mol. The van der Waals surface area contributed by atoms with Crippen LogP contribution in [-0.4, -0.2) is 35.7 Å². The molecule has 0 saturated heterocycles. The van der Waals surface area contributed by atoms with Gasteiger partial charge in [0.25, 0.3) is 0 Å². The topological polar surface area (TPSA) is 72.4 Å². The van der Waals surface area contributed by atoms with Crippen molar-refractivity contribution in [3.8, 4) is 0 Å². The number of hydrogen-bond acceptors (Lipinski definition) is 5. The van der Waals surface area contributed by atoms with Gasteiger partial charge in [0.15, 0.2) is 11.5 Å². The summed E-state index contributed by atoms with van der Waals surface area (Å²) in [5.41, 5.74) is 2.67. The van der Waals surface area contributed by atoms with Gasteiger partial charge in [-0.3, -0.25) is 0 Å². The molecule has 4 heterocycles. The summed E-state index contributed by atoms with van der Waals surface area (Å²) in [6.07, 6.45) is 4.90. The van der Waals surface area contributed by atoms with Crippen LogP contribution in [0.1, 0.15) is 32.3 Å². The van der Waals surface area contributed by atoms with Crippen LogP contribution in [-0.2, 0) is 11.8 Å². The second-order valence-electron chi connectivity index (χ2n) is 7.14. The molecule has 0 spiro atoms. The molecule has 0 bridgehead atoms. The fourth-order valence-electron chi connectivity index (χ4n) is 2.78. The van der Waals surface area contributed by atoms with Gasteiger partial charge in [0.1, 0.15) is 11.5 Å². The minimum Gasteiger partial charge on any atom is -0.368 e. The van der Waals surface area contributed by atoms with Crippen molar-refractivity contribution in [2.75, 3.05) is 11.9 Å². The summed E-state index contributed by atoms with van der Waals surface area (Å²) in [5.74, 6) is 1.66. The molecule has 1 N–H and O–H groups in total. The van der Waals surface area contributed by atoms with Crippen molar-refractivity contribution in [3.05, 3.63) is 54.2 Å². The summed E-state index contributed by atoms with van der Waals surface area (Å²) in [7, 11) is 0. The van der Waals surface area contributed by atoms with Crippen LogP contribution in [0.25, 0.3) is 11.3 Å². The largest absolute Gasteiger partial charge is 0.368 e. The molecule has 0 aliphatic rings. The first-order valence-electron chi connectivity index (χ1n) is 8.40. The Bertz CT molecular complexity index is 990. The van der Waals surface area contributed by atoms with E-state index in [1.54, 1.807) is 0 Å². The van der Waals surface area contributed by atoms with Crippen LogP contribution >= 0.6 is 0 Å². The number of anilines is 1. The van der Waals surface area contributed by atoms with E-state index >= 15 is 0 Å². The zero-order chi connectivity index (χ0) is 17.4. The summed E-state index contributed by atoms with van der Waals surface area (Å²) in [6, 6.07) is 9.87. The molecule has 0 fully saturated rings. The van der Waals surface area contributed by atoms with Crippen LogP contribution in [0.5, 0.6) is 0 Å². The van der Waals surface area contributed by atoms with Gasteiger partial charge in [-0.2, -0.15) is 4.52 Å². The first kappa shape index (κ1) is 15.6. The van der Waals surface area contributed by atoms with Crippen LogP contribution in [0.4, 0.5) is 5.82 Å². The van der Waals surface area contributed by atoms with E-state index in [0.29, 0.717) is 0 Å². The van der Waals surface area contributed by atoms with Crippen molar-refractivity contribution < 1.29 is 0 Å². The molecule has 4 aromatic heterocycles. The highest BCUT2D eigenvalue weighted by atomic mass is 15.4. The Balaban J connectivity index is 1.49. The maximum Gasteiger partial charge on any atom is 0.178 e. The van der Waals surface area contributed by atoms with Gasteiger partial charge in [-0.05, 0) is 24.3 Å². The lowest BCUT2D eigenvalue weighted by atomic mass is 9.96. The van der Waals surface area contributed by atoms with Crippen molar-refractivity contribution >= 4 is 17.1 Å². The van der Waals surface area contributed by atoms with Crippen LogP contribution in [0.3, 0.4) is 0 Å². The maximum absolute atomic E-state index is 4.63. The number of nitrogens with zero attached hydrogens (tertiary/aromatic N) is 6. The van der Waals surface area contributed by atoms with E-state index in [-0.39, 0.29) is 5.41 Å². The molecule has 128 valence electrons. The minimum atomic E-state index is -0.110. The van der Waals surface area contributed by atoms with E-state index in [4.69, 9.17) is 0 Å². The molecule has 4 rings (SSSR count). The molecule has 0 radical (unpaired) electrons. The normalized spacial score (nSPS) is 12.1. The lowest BCUT2D eigenvalue weighted by Crippen LogP contribution is -2.18. The zero-order valence-corrected chi connectivity index (χ0v) is 14.6. The molecule has 25 heavy (non-hydrogen) atoms. The lowest BCUT2D eigenvalue weighted by Gasteiger charge is -2.15. The number of aromatic nitrogens is 6. The van der Waals surface area contributed by atoms with Gasteiger partial charge in [0.05, 0.1) is 5.69 Å². The standard InChI is InChI=1S/C18H21N7/c1-18(2,3)17-22-21-16-8-7-14(23-25(16)17)19-10-9-13-12-24-11-5-4-6-15(24)20-13/h4-8,11-12H,9-10H2,1-3H3,(H,19,23). The Morgan fingerprint density at radius 1 is 1.04 bits per heavy atom. The highest BCUT2D eigenvalue weighted by Crippen LogP contribution is 2.20. The molecule has 0 saturated carbocycles. The third-order valence-electron chi connectivity index (χ3n) is 4.03. The highest BCUT2D eigenvalue weighted by Gasteiger charge is 2.21. The molecule has 0 aliphatic heterocycles. The van der Waals surface area contributed by atoms with Gasteiger partial charge >= 0.3 is 0 Å². The van der Waals surface area contributed by atoms with Gasteiger partial charge in [0, 0.05) is 30.8 Å². The molecule has 0 aromatic carbocycles. The number of pyridine rings is 1. The van der Waals surface area contributed by atoms with Crippen molar-refractivity contribution in [1.82, 2.24) is 29.2 Å². The summed E-state index contributed by atoms with van der Waals surface area (Å²) in [4.78, 5) is 4.61.